The number of aliphatic hydroxyl groups is 1. The molecule has 100 valence electrons. The number of nitrogens with one attached hydrogen (secondary N) is 1. The van der Waals surface area contributed by atoms with Crippen molar-refractivity contribution in [1.82, 2.24) is 5.32 Å². The molecule has 17 heavy (non-hydrogen) atoms. The fourth-order valence-electron chi connectivity index (χ4n) is 2.49. The Balaban J connectivity index is 2.35. The summed E-state index contributed by atoms with van der Waals surface area (Å²) in [7, 11) is 0. The summed E-state index contributed by atoms with van der Waals surface area (Å²) >= 11 is 0. The molecule has 0 saturated heterocycles. The van der Waals surface area contributed by atoms with E-state index in [2.05, 4.69) is 12.2 Å². The van der Waals surface area contributed by atoms with Gasteiger partial charge in [-0.1, -0.05) is 6.42 Å². The Morgan fingerprint density at radius 2 is 2.29 bits per heavy atom. The molecule has 1 rings (SSSR count). The summed E-state index contributed by atoms with van der Waals surface area (Å²) in [6, 6.07) is 0.700. The summed E-state index contributed by atoms with van der Waals surface area (Å²) in [5, 5.41) is 12.3. The molecule has 3 unspecified atom stereocenters. The molecule has 3 atom stereocenters. The van der Waals surface area contributed by atoms with Crippen molar-refractivity contribution >= 4 is 5.97 Å². The number of esters is 1. The van der Waals surface area contributed by atoms with Crippen molar-refractivity contribution in [2.24, 2.45) is 5.92 Å². The van der Waals surface area contributed by atoms with Crippen LogP contribution in [-0.4, -0.2) is 36.4 Å². The predicted molar refractivity (Wildman–Crippen MR) is 66.7 cm³/mol. The lowest BCUT2D eigenvalue weighted by Crippen LogP contribution is -2.41. The van der Waals surface area contributed by atoms with Crippen molar-refractivity contribution in [3.8, 4) is 0 Å². The minimum Gasteiger partial charge on any atom is -0.466 e. The maximum Gasteiger partial charge on any atom is 0.308 e. The van der Waals surface area contributed by atoms with Gasteiger partial charge in [0, 0.05) is 18.7 Å². The molecule has 1 saturated carbocycles. The van der Waals surface area contributed by atoms with Crippen LogP contribution >= 0.6 is 0 Å². The van der Waals surface area contributed by atoms with E-state index in [1.54, 1.807) is 0 Å². The second kappa shape index (κ2) is 7.67. The van der Waals surface area contributed by atoms with Gasteiger partial charge in [0.1, 0.15) is 0 Å². The molecule has 0 spiro atoms. The highest BCUT2D eigenvalue weighted by atomic mass is 16.5. The Morgan fingerprint density at radius 1 is 1.53 bits per heavy atom. The van der Waals surface area contributed by atoms with Crippen LogP contribution in [0.2, 0.25) is 0 Å². The lowest BCUT2D eigenvalue weighted by molar-refractivity contribution is -0.149. The van der Waals surface area contributed by atoms with Crippen LogP contribution < -0.4 is 5.32 Å². The van der Waals surface area contributed by atoms with E-state index < -0.39 is 0 Å². The standard InChI is InChI=1S/C13H25NO3/c1-3-17-13(16)11-5-4-6-12(9-11)14-10(2)7-8-15/h10-12,14-15H,3-9H2,1-2H3. The quantitative estimate of drug-likeness (QED) is 0.694. The van der Waals surface area contributed by atoms with Gasteiger partial charge < -0.3 is 15.2 Å². The summed E-state index contributed by atoms with van der Waals surface area (Å²) in [4.78, 5) is 11.7. The van der Waals surface area contributed by atoms with Gasteiger partial charge in [0.15, 0.2) is 0 Å². The largest absolute Gasteiger partial charge is 0.466 e. The Labute approximate surface area is 104 Å². The number of carbonyl (C=O) groups is 1. The molecule has 0 heterocycles. The van der Waals surface area contributed by atoms with Gasteiger partial charge in [-0.15, -0.1) is 0 Å². The van der Waals surface area contributed by atoms with E-state index in [1.807, 2.05) is 6.92 Å². The van der Waals surface area contributed by atoms with Crippen LogP contribution in [0.5, 0.6) is 0 Å². The molecule has 0 radical (unpaired) electrons. The van der Waals surface area contributed by atoms with Crippen LogP contribution in [-0.2, 0) is 9.53 Å². The molecule has 4 heteroatoms. The number of hydrogen-bond acceptors (Lipinski definition) is 4. The van der Waals surface area contributed by atoms with Crippen LogP contribution in [0.25, 0.3) is 0 Å². The van der Waals surface area contributed by atoms with Crippen molar-refractivity contribution in [2.75, 3.05) is 13.2 Å². The van der Waals surface area contributed by atoms with Crippen molar-refractivity contribution in [1.29, 1.82) is 0 Å². The monoisotopic (exact) mass is 243 g/mol. The van der Waals surface area contributed by atoms with E-state index in [0.29, 0.717) is 18.7 Å². The SMILES string of the molecule is CCOC(=O)C1CCCC(NC(C)CCO)C1. The molecule has 4 nitrogen and oxygen atoms in total. The molecule has 0 aromatic heterocycles. The van der Waals surface area contributed by atoms with Crippen LogP contribution in [0.1, 0.15) is 46.0 Å². The highest BCUT2D eigenvalue weighted by Gasteiger charge is 2.28. The molecule has 0 aliphatic heterocycles. The minimum absolute atomic E-state index is 0.0474. The predicted octanol–water partition coefficient (Wildman–Crippen LogP) is 1.47. The van der Waals surface area contributed by atoms with E-state index in [-0.39, 0.29) is 18.5 Å². The van der Waals surface area contributed by atoms with Crippen molar-refractivity contribution < 1.29 is 14.6 Å². The number of aliphatic hydroxyl groups excluding tert-OH is 1. The number of rotatable bonds is 6. The Kier molecular flexibility index (Phi) is 6.52. The van der Waals surface area contributed by atoms with Crippen molar-refractivity contribution in [2.45, 2.75) is 58.0 Å². The Hall–Kier alpha value is -0.610. The van der Waals surface area contributed by atoms with Crippen LogP contribution in [0.3, 0.4) is 0 Å². The van der Waals surface area contributed by atoms with Crippen LogP contribution in [0.4, 0.5) is 0 Å². The van der Waals surface area contributed by atoms with Crippen molar-refractivity contribution in [3.63, 3.8) is 0 Å². The molecule has 0 aromatic rings. The third kappa shape index (κ3) is 5.04. The number of ether oxygens (including phenoxy) is 1. The zero-order chi connectivity index (χ0) is 12.7. The fourth-order valence-corrected chi connectivity index (χ4v) is 2.49. The normalized spacial score (nSPS) is 26.5. The van der Waals surface area contributed by atoms with E-state index in [0.717, 1.165) is 32.1 Å². The van der Waals surface area contributed by atoms with Gasteiger partial charge in [-0.2, -0.15) is 0 Å². The minimum atomic E-state index is -0.0474. The van der Waals surface area contributed by atoms with Crippen molar-refractivity contribution in [3.05, 3.63) is 0 Å². The van der Waals surface area contributed by atoms with E-state index >= 15 is 0 Å². The van der Waals surface area contributed by atoms with E-state index in [9.17, 15) is 4.79 Å². The van der Waals surface area contributed by atoms with E-state index in [1.165, 1.54) is 0 Å². The molecular weight excluding hydrogens is 218 g/mol. The second-order valence-corrected chi connectivity index (χ2v) is 4.89. The maximum absolute atomic E-state index is 11.7. The third-order valence-electron chi connectivity index (χ3n) is 3.38. The first kappa shape index (κ1) is 14.5. The zero-order valence-electron chi connectivity index (χ0n) is 10.9. The zero-order valence-corrected chi connectivity index (χ0v) is 10.9. The van der Waals surface area contributed by atoms with Gasteiger partial charge in [0.2, 0.25) is 0 Å². The van der Waals surface area contributed by atoms with Gasteiger partial charge in [-0.3, -0.25) is 4.79 Å². The summed E-state index contributed by atoms with van der Waals surface area (Å²) < 4.78 is 5.08. The molecule has 0 amide bonds. The molecule has 1 aliphatic rings. The first-order valence-electron chi connectivity index (χ1n) is 6.70. The average molecular weight is 243 g/mol. The molecule has 1 aliphatic carbocycles. The molecule has 0 bridgehead atoms. The highest BCUT2D eigenvalue weighted by molar-refractivity contribution is 5.72. The topological polar surface area (TPSA) is 58.6 Å². The van der Waals surface area contributed by atoms with Gasteiger partial charge in [-0.25, -0.2) is 0 Å². The Morgan fingerprint density at radius 3 is 2.94 bits per heavy atom. The summed E-state index contributed by atoms with van der Waals surface area (Å²) in [6.07, 6.45) is 4.78. The van der Waals surface area contributed by atoms with Gasteiger partial charge >= 0.3 is 5.97 Å². The molecule has 0 aromatic carbocycles. The lowest BCUT2D eigenvalue weighted by Gasteiger charge is -2.30. The van der Waals surface area contributed by atoms with E-state index in [4.69, 9.17) is 9.84 Å². The molecule has 1 fully saturated rings. The molecular formula is C13H25NO3. The summed E-state index contributed by atoms with van der Waals surface area (Å²) in [5.41, 5.74) is 0. The highest BCUT2D eigenvalue weighted by Crippen LogP contribution is 2.25. The number of hydrogen-bond donors (Lipinski definition) is 2. The first-order chi connectivity index (χ1) is 8.17. The lowest BCUT2D eigenvalue weighted by atomic mass is 9.85. The maximum atomic E-state index is 11.7. The smallest absolute Gasteiger partial charge is 0.308 e. The third-order valence-corrected chi connectivity index (χ3v) is 3.38. The van der Waals surface area contributed by atoms with Gasteiger partial charge in [0.05, 0.1) is 12.5 Å². The van der Waals surface area contributed by atoms with Crippen LogP contribution in [0, 0.1) is 5.92 Å². The van der Waals surface area contributed by atoms with Gasteiger partial charge in [0.25, 0.3) is 0 Å². The summed E-state index contributed by atoms with van der Waals surface area (Å²) in [5.74, 6) is 0.0105. The number of carbonyl (C=O) groups excluding carboxylic acids is 1. The Bertz CT molecular complexity index is 233. The second-order valence-electron chi connectivity index (χ2n) is 4.89. The average Bonchev–Trinajstić information content (AvgIpc) is 2.30. The van der Waals surface area contributed by atoms with Gasteiger partial charge in [-0.05, 0) is 39.5 Å². The first-order valence-corrected chi connectivity index (χ1v) is 6.70. The van der Waals surface area contributed by atoms with Crippen LogP contribution in [0.15, 0.2) is 0 Å². The fraction of sp³-hybridized carbons (Fsp3) is 0.923. The summed E-state index contributed by atoms with van der Waals surface area (Å²) in [6.45, 7) is 4.60. The molecule has 2 N–H and O–H groups in total.